The Labute approximate surface area is 225 Å². The van der Waals surface area contributed by atoms with Crippen molar-refractivity contribution >= 4 is 52.5 Å². The maximum atomic E-state index is 13.2. The third kappa shape index (κ3) is 5.98. The van der Waals surface area contributed by atoms with E-state index in [1.54, 1.807) is 73.7 Å². The molecule has 9 nitrogen and oxygen atoms in total. The molecule has 194 valence electrons. The quantitative estimate of drug-likeness (QED) is 0.245. The van der Waals surface area contributed by atoms with Crippen LogP contribution in [0.25, 0.3) is 6.08 Å². The van der Waals surface area contributed by atoms with Gasteiger partial charge in [0.2, 0.25) is 0 Å². The Morgan fingerprint density at radius 1 is 0.974 bits per heavy atom. The highest BCUT2D eigenvalue weighted by atomic mass is 32.1. The van der Waals surface area contributed by atoms with Crippen molar-refractivity contribution in [3.05, 3.63) is 83.9 Å². The van der Waals surface area contributed by atoms with Crippen molar-refractivity contribution in [2.24, 2.45) is 0 Å². The minimum absolute atomic E-state index is 0.00787. The Balaban J connectivity index is 1.52. The van der Waals surface area contributed by atoms with Crippen LogP contribution >= 0.6 is 12.2 Å². The fourth-order valence-corrected chi connectivity index (χ4v) is 4.00. The van der Waals surface area contributed by atoms with Gasteiger partial charge < -0.3 is 19.5 Å². The minimum Gasteiger partial charge on any atom is -0.495 e. The van der Waals surface area contributed by atoms with E-state index in [0.717, 1.165) is 0 Å². The summed E-state index contributed by atoms with van der Waals surface area (Å²) in [6.45, 7) is 1.86. The molecular weight excluding hydrogens is 506 g/mol. The monoisotopic (exact) mass is 531 g/mol. The number of carbonyl (C=O) groups is 3. The number of amides is 3. The van der Waals surface area contributed by atoms with Gasteiger partial charge in [0.05, 0.1) is 25.1 Å². The highest BCUT2D eigenvalue weighted by Crippen LogP contribution is 2.30. The van der Waals surface area contributed by atoms with E-state index in [2.05, 4.69) is 10.6 Å². The highest BCUT2D eigenvalue weighted by Gasteiger charge is 2.34. The molecule has 1 fully saturated rings. The molecule has 0 aliphatic carbocycles. The number of hydrogen-bond acceptors (Lipinski definition) is 7. The zero-order valence-corrected chi connectivity index (χ0v) is 21.5. The molecule has 0 bridgehead atoms. The molecule has 1 aliphatic rings. The second-order valence-corrected chi connectivity index (χ2v) is 8.36. The number of hydrogen-bond donors (Lipinski definition) is 2. The lowest BCUT2D eigenvalue weighted by atomic mass is 10.1. The Kier molecular flexibility index (Phi) is 8.34. The number of carbonyl (C=O) groups excluding carboxylic acids is 3. The summed E-state index contributed by atoms with van der Waals surface area (Å²) in [5.41, 5.74) is 1.50. The predicted molar refractivity (Wildman–Crippen MR) is 147 cm³/mol. The van der Waals surface area contributed by atoms with Gasteiger partial charge in [0.25, 0.3) is 17.7 Å². The number of nitrogens with zero attached hydrogens (tertiary/aromatic N) is 1. The lowest BCUT2D eigenvalue weighted by Crippen LogP contribution is -2.54. The first-order valence-corrected chi connectivity index (χ1v) is 12.1. The van der Waals surface area contributed by atoms with Crippen LogP contribution in [-0.4, -0.2) is 43.2 Å². The van der Waals surface area contributed by atoms with Gasteiger partial charge >= 0.3 is 0 Å². The van der Waals surface area contributed by atoms with Gasteiger partial charge in [0.15, 0.2) is 23.2 Å². The number of benzene rings is 3. The molecule has 3 aromatic carbocycles. The van der Waals surface area contributed by atoms with Crippen LogP contribution in [-0.2, 0) is 14.4 Å². The fraction of sp³-hybridized carbons (Fsp3) is 0.143. The zero-order chi connectivity index (χ0) is 27.1. The number of para-hydroxylation sites is 3. The molecule has 2 N–H and O–H groups in total. The number of ether oxygens (including phenoxy) is 3. The van der Waals surface area contributed by atoms with E-state index in [0.29, 0.717) is 40.8 Å². The van der Waals surface area contributed by atoms with E-state index in [-0.39, 0.29) is 23.2 Å². The van der Waals surface area contributed by atoms with Crippen LogP contribution < -0.4 is 29.7 Å². The van der Waals surface area contributed by atoms with Crippen LogP contribution in [0.4, 0.5) is 11.4 Å². The van der Waals surface area contributed by atoms with Gasteiger partial charge in [-0.15, -0.1) is 0 Å². The molecule has 10 heteroatoms. The second kappa shape index (κ2) is 12.0. The number of rotatable bonds is 9. The Morgan fingerprint density at radius 3 is 2.45 bits per heavy atom. The van der Waals surface area contributed by atoms with E-state index < -0.39 is 11.8 Å². The largest absolute Gasteiger partial charge is 0.495 e. The van der Waals surface area contributed by atoms with Gasteiger partial charge in [-0.3, -0.25) is 24.6 Å². The lowest BCUT2D eigenvalue weighted by molar-refractivity contribution is -0.122. The highest BCUT2D eigenvalue weighted by molar-refractivity contribution is 7.80. The van der Waals surface area contributed by atoms with Gasteiger partial charge in [0, 0.05) is 0 Å². The standard InChI is InChI=1S/C28H25N3O6S/c1-3-36-24-16-18(13-14-23(24)37-17-25(32)29-21-11-7-8-12-22(21)35-2)15-20-26(33)30-28(38)31(27(20)34)19-9-5-4-6-10-19/h4-16H,3,17H2,1-2H3,(H,29,32)(H,30,33,38)/b20-15-. The number of methoxy groups -OCH3 is 1. The molecule has 4 rings (SSSR count). The Bertz CT molecular complexity index is 1410. The van der Waals surface area contributed by atoms with Crippen molar-refractivity contribution in [1.29, 1.82) is 0 Å². The molecule has 38 heavy (non-hydrogen) atoms. The van der Waals surface area contributed by atoms with Crippen LogP contribution in [0.2, 0.25) is 0 Å². The summed E-state index contributed by atoms with van der Waals surface area (Å²) in [4.78, 5) is 39.6. The summed E-state index contributed by atoms with van der Waals surface area (Å²) in [6, 6.07) is 20.7. The zero-order valence-electron chi connectivity index (χ0n) is 20.7. The number of anilines is 2. The van der Waals surface area contributed by atoms with Crippen LogP contribution in [0.1, 0.15) is 12.5 Å². The average molecular weight is 532 g/mol. The van der Waals surface area contributed by atoms with Crippen molar-refractivity contribution in [1.82, 2.24) is 5.32 Å². The number of thiocarbonyl (C=S) groups is 1. The third-order valence-corrected chi connectivity index (χ3v) is 5.72. The normalized spacial score (nSPS) is 14.2. The topological polar surface area (TPSA) is 106 Å². The Morgan fingerprint density at radius 2 is 1.71 bits per heavy atom. The van der Waals surface area contributed by atoms with E-state index in [1.807, 2.05) is 6.07 Å². The van der Waals surface area contributed by atoms with E-state index in [4.69, 9.17) is 26.4 Å². The lowest BCUT2D eigenvalue weighted by Gasteiger charge is -2.28. The van der Waals surface area contributed by atoms with Crippen LogP contribution in [0.15, 0.2) is 78.4 Å². The second-order valence-electron chi connectivity index (χ2n) is 7.97. The molecule has 3 aromatic rings. The molecule has 0 unspecified atom stereocenters. The molecule has 1 saturated heterocycles. The summed E-state index contributed by atoms with van der Waals surface area (Å²) < 4.78 is 16.6. The third-order valence-electron chi connectivity index (χ3n) is 5.43. The van der Waals surface area contributed by atoms with E-state index in [1.165, 1.54) is 18.1 Å². The maximum Gasteiger partial charge on any atom is 0.270 e. The first kappa shape index (κ1) is 26.4. The van der Waals surface area contributed by atoms with E-state index in [9.17, 15) is 14.4 Å². The summed E-state index contributed by atoms with van der Waals surface area (Å²) in [7, 11) is 1.52. The van der Waals surface area contributed by atoms with E-state index >= 15 is 0 Å². The molecule has 1 heterocycles. The van der Waals surface area contributed by atoms with Gasteiger partial charge in [-0.05, 0) is 67.2 Å². The van der Waals surface area contributed by atoms with Crippen molar-refractivity contribution in [2.75, 3.05) is 30.5 Å². The van der Waals surface area contributed by atoms with Gasteiger partial charge in [0.1, 0.15) is 11.3 Å². The summed E-state index contributed by atoms with van der Waals surface area (Å²) >= 11 is 5.23. The predicted octanol–water partition coefficient (Wildman–Crippen LogP) is 3.94. The molecule has 1 aliphatic heterocycles. The smallest absolute Gasteiger partial charge is 0.270 e. The summed E-state index contributed by atoms with van der Waals surface area (Å²) in [5.74, 6) is -0.317. The molecule has 0 saturated carbocycles. The molecular formula is C28H25N3O6S. The first-order valence-electron chi connectivity index (χ1n) is 11.7. The molecule has 3 amide bonds. The number of nitrogens with one attached hydrogen (secondary N) is 2. The summed E-state index contributed by atoms with van der Waals surface area (Å²) in [6.07, 6.45) is 1.45. The van der Waals surface area contributed by atoms with Crippen LogP contribution in [0.5, 0.6) is 17.2 Å². The maximum absolute atomic E-state index is 13.2. The van der Waals surface area contributed by atoms with Crippen LogP contribution in [0.3, 0.4) is 0 Å². The fourth-order valence-electron chi connectivity index (χ4n) is 3.72. The van der Waals surface area contributed by atoms with Crippen molar-refractivity contribution < 1.29 is 28.6 Å². The molecule has 0 aromatic heterocycles. The van der Waals surface area contributed by atoms with Gasteiger partial charge in [-0.25, -0.2) is 0 Å². The van der Waals surface area contributed by atoms with Crippen LogP contribution in [0, 0.1) is 0 Å². The minimum atomic E-state index is -0.599. The SMILES string of the molecule is CCOc1cc(/C=C2/C(=O)NC(=S)N(c3ccccc3)C2=O)ccc1OCC(=O)Nc1ccccc1OC. The molecule has 0 spiro atoms. The Hall–Kier alpha value is -4.70. The van der Waals surface area contributed by atoms with Gasteiger partial charge in [-0.1, -0.05) is 36.4 Å². The van der Waals surface area contributed by atoms with Crippen molar-refractivity contribution in [3.8, 4) is 17.2 Å². The van der Waals surface area contributed by atoms with Crippen molar-refractivity contribution in [2.45, 2.75) is 6.92 Å². The molecule has 0 radical (unpaired) electrons. The first-order chi connectivity index (χ1) is 18.4. The average Bonchev–Trinajstić information content (AvgIpc) is 2.91. The molecule has 0 atom stereocenters. The van der Waals surface area contributed by atoms with Gasteiger partial charge in [-0.2, -0.15) is 0 Å². The van der Waals surface area contributed by atoms with Crippen molar-refractivity contribution in [3.63, 3.8) is 0 Å². The summed E-state index contributed by atoms with van der Waals surface area (Å²) in [5, 5.41) is 5.31.